The zero-order valence-corrected chi connectivity index (χ0v) is 32.5. The zero-order valence-electron chi connectivity index (χ0n) is 31.7. The molecule has 2 aliphatic heterocycles. The van der Waals surface area contributed by atoms with Crippen LogP contribution in [0.5, 0.6) is 5.75 Å². The molecule has 2 aromatic carbocycles. The van der Waals surface area contributed by atoms with Gasteiger partial charge in [-0.05, 0) is 83.6 Å². The van der Waals surface area contributed by atoms with Crippen LogP contribution >= 0.6 is 0 Å². The Balaban J connectivity index is 1.15. The van der Waals surface area contributed by atoms with Crippen molar-refractivity contribution in [2.75, 3.05) is 6.54 Å². The van der Waals surface area contributed by atoms with Gasteiger partial charge < -0.3 is 29.4 Å². The molecule has 4 heterocycles. The fourth-order valence-electron chi connectivity index (χ4n) is 7.88. The van der Waals surface area contributed by atoms with Crippen LogP contribution in [-0.4, -0.2) is 83.2 Å². The highest BCUT2D eigenvalue weighted by atomic mass is 32.2. The molecule has 3 fully saturated rings. The van der Waals surface area contributed by atoms with E-state index >= 15 is 0 Å². The Labute approximate surface area is 324 Å². The Hall–Kier alpha value is -5.18. The van der Waals surface area contributed by atoms with Crippen LogP contribution in [0.3, 0.4) is 0 Å². The van der Waals surface area contributed by atoms with Gasteiger partial charge >= 0.3 is 6.09 Å². The van der Waals surface area contributed by atoms with Gasteiger partial charge in [-0.3, -0.25) is 19.1 Å². The number of ether oxygens (including phenoxy) is 2. The lowest BCUT2D eigenvalue weighted by molar-refractivity contribution is -0.141. The molecule has 56 heavy (non-hydrogen) atoms. The maximum absolute atomic E-state index is 14.6. The van der Waals surface area contributed by atoms with E-state index in [0.29, 0.717) is 65.4 Å². The van der Waals surface area contributed by atoms with Crippen LogP contribution in [0.25, 0.3) is 33.0 Å². The van der Waals surface area contributed by atoms with Gasteiger partial charge in [0, 0.05) is 23.1 Å². The van der Waals surface area contributed by atoms with Gasteiger partial charge in [-0.2, -0.15) is 0 Å². The van der Waals surface area contributed by atoms with Crippen LogP contribution in [0.2, 0.25) is 0 Å². The first-order valence-corrected chi connectivity index (χ1v) is 21.0. The number of alkyl carbamates (subject to hydrolysis) is 1. The zero-order chi connectivity index (χ0) is 39.4. The molecule has 8 rings (SSSR count). The van der Waals surface area contributed by atoms with Crippen molar-refractivity contribution >= 4 is 66.8 Å². The number of hydrogen-bond donors (Lipinski definition) is 3. The third-order valence-corrected chi connectivity index (χ3v) is 12.8. The second-order valence-electron chi connectivity index (χ2n) is 16.4. The van der Waals surface area contributed by atoms with Gasteiger partial charge in [0.2, 0.25) is 21.8 Å². The summed E-state index contributed by atoms with van der Waals surface area (Å²) in [5.74, 6) is -1.93. The standard InChI is InChI=1S/C41H47N5O9S/c1-40(2,3)55-39(50)43-30-17-8-6-4-5-7-13-24-22-41(24,38(49)45-56(51,52)26-19-20-26)44-36(47)31-21-25(23-46(31)37(30)48)53-34-27-14-9-11-16-29(27)42-33-28-15-10-12-18-32(28)54-35(33)34/h7,9-16,18,24-26,30-31H,4-6,8,17,19-23H2,1-3H3,(H,43,50)(H,44,47)(H,45,49)/b13-7-/t24-,25-,30+,31+,41-/m1/s1. The Morgan fingerprint density at radius 3 is 2.52 bits per heavy atom. The molecule has 0 unspecified atom stereocenters. The lowest BCUT2D eigenvalue weighted by atomic mass is 10.0. The van der Waals surface area contributed by atoms with Gasteiger partial charge in [-0.1, -0.05) is 49.3 Å². The summed E-state index contributed by atoms with van der Waals surface area (Å²) in [6.45, 7) is 5.17. The van der Waals surface area contributed by atoms with Crippen LogP contribution in [0, 0.1) is 5.92 Å². The Kier molecular flexibility index (Phi) is 9.70. The number of aromatic nitrogens is 1. The Morgan fingerprint density at radius 1 is 1.00 bits per heavy atom. The summed E-state index contributed by atoms with van der Waals surface area (Å²) in [5.41, 5.74) is 0.00659. The van der Waals surface area contributed by atoms with Crippen molar-refractivity contribution in [2.24, 2.45) is 5.92 Å². The predicted octanol–water partition coefficient (Wildman–Crippen LogP) is 5.38. The van der Waals surface area contributed by atoms with Crippen molar-refractivity contribution in [3.63, 3.8) is 0 Å². The summed E-state index contributed by atoms with van der Waals surface area (Å²) in [5, 5.41) is 6.53. The normalized spacial score (nSPS) is 26.7. The monoisotopic (exact) mass is 785 g/mol. The second-order valence-corrected chi connectivity index (χ2v) is 18.4. The first-order valence-electron chi connectivity index (χ1n) is 19.4. The van der Waals surface area contributed by atoms with Crippen LogP contribution in [0.1, 0.15) is 78.6 Å². The largest absolute Gasteiger partial charge is 0.484 e. The summed E-state index contributed by atoms with van der Waals surface area (Å²) in [6, 6.07) is 12.9. The molecule has 3 N–H and O–H groups in total. The second kappa shape index (κ2) is 14.4. The van der Waals surface area contributed by atoms with E-state index in [1.165, 1.54) is 4.90 Å². The van der Waals surface area contributed by atoms with E-state index < -0.39 is 74.3 Å². The van der Waals surface area contributed by atoms with Crippen molar-refractivity contribution in [3.8, 4) is 5.75 Å². The van der Waals surface area contributed by atoms with Crippen molar-refractivity contribution in [1.29, 1.82) is 0 Å². The van der Waals surface area contributed by atoms with Gasteiger partial charge in [-0.25, -0.2) is 18.2 Å². The fraction of sp³-hybridized carbons (Fsp3) is 0.488. The average Bonchev–Trinajstić information content (AvgIpc) is 4.04. The number of allylic oxidation sites excluding steroid dienone is 1. The number of benzene rings is 2. The van der Waals surface area contributed by atoms with Gasteiger partial charge in [0.25, 0.3) is 5.91 Å². The van der Waals surface area contributed by atoms with Gasteiger partial charge in [0.15, 0.2) is 11.3 Å². The minimum absolute atomic E-state index is 0.0274. The number of nitrogens with one attached hydrogen (secondary N) is 3. The molecule has 4 aliphatic rings. The molecule has 296 valence electrons. The molecule has 5 atom stereocenters. The molecule has 2 saturated carbocycles. The lowest BCUT2D eigenvalue weighted by Crippen LogP contribution is -2.58. The van der Waals surface area contributed by atoms with Crippen LogP contribution in [0.4, 0.5) is 4.79 Å². The highest BCUT2D eigenvalue weighted by Gasteiger charge is 2.62. The number of nitrogens with zero attached hydrogens (tertiary/aromatic N) is 2. The molecule has 4 aromatic rings. The quantitative estimate of drug-likeness (QED) is 0.215. The number of amides is 4. The molecule has 0 bridgehead atoms. The molecule has 14 nitrogen and oxygen atoms in total. The van der Waals surface area contributed by atoms with Crippen LogP contribution < -0.4 is 20.1 Å². The van der Waals surface area contributed by atoms with Crippen molar-refractivity contribution < 1.29 is 41.5 Å². The van der Waals surface area contributed by atoms with Crippen LogP contribution in [-0.2, 0) is 29.1 Å². The van der Waals surface area contributed by atoms with E-state index in [-0.39, 0.29) is 19.4 Å². The number of carbonyl (C=O) groups excluding carboxylic acids is 4. The highest BCUT2D eigenvalue weighted by molar-refractivity contribution is 7.91. The van der Waals surface area contributed by atoms with Crippen LogP contribution in [0.15, 0.2) is 65.1 Å². The molecule has 1 saturated heterocycles. The minimum Gasteiger partial charge on any atom is -0.484 e. The third-order valence-electron chi connectivity index (χ3n) is 11.0. The number of hydrogen-bond acceptors (Lipinski definition) is 10. The summed E-state index contributed by atoms with van der Waals surface area (Å²) < 4.78 is 46.6. The highest BCUT2D eigenvalue weighted by Crippen LogP contribution is 2.46. The number of sulfonamides is 1. The van der Waals surface area contributed by atoms with Gasteiger partial charge in [0.1, 0.15) is 40.4 Å². The van der Waals surface area contributed by atoms with E-state index in [2.05, 4.69) is 15.4 Å². The van der Waals surface area contributed by atoms with Gasteiger partial charge in [-0.15, -0.1) is 0 Å². The maximum atomic E-state index is 14.6. The first kappa shape index (κ1) is 37.7. The number of fused-ring (bicyclic) bond motifs is 6. The molecule has 0 spiro atoms. The predicted molar refractivity (Wildman–Crippen MR) is 208 cm³/mol. The number of furan rings is 1. The average molecular weight is 786 g/mol. The SMILES string of the molecule is CC(C)(C)OC(=O)N[C@H]1CCCCC/C=C\[C@@H]2C[C@@]2(C(=O)NS(=O)(=O)C2CC2)NC(=O)[C@@H]2C[C@@H](Oc3c4ccccc4nc4c3oc3ccccc34)CN2C1=O. The molecule has 15 heteroatoms. The molecule has 2 aromatic heterocycles. The summed E-state index contributed by atoms with van der Waals surface area (Å²) in [4.78, 5) is 62.4. The van der Waals surface area contributed by atoms with Crippen molar-refractivity contribution in [2.45, 2.75) is 113 Å². The third kappa shape index (κ3) is 7.52. The number of carbonyl (C=O) groups is 4. The smallest absolute Gasteiger partial charge is 0.408 e. The number of pyridine rings is 1. The molecule has 4 amide bonds. The van der Waals surface area contributed by atoms with Gasteiger partial charge in [0.05, 0.1) is 17.3 Å². The maximum Gasteiger partial charge on any atom is 0.408 e. The first-order chi connectivity index (χ1) is 26.7. The Bertz CT molecular complexity index is 2360. The topological polar surface area (TPSA) is 186 Å². The summed E-state index contributed by atoms with van der Waals surface area (Å²) in [6.07, 6.45) is 6.68. The van der Waals surface area contributed by atoms with E-state index in [1.807, 2.05) is 60.7 Å². The van der Waals surface area contributed by atoms with E-state index in [0.717, 1.165) is 18.2 Å². The molecular formula is C41H47N5O9S. The van der Waals surface area contributed by atoms with Crippen molar-refractivity contribution in [3.05, 3.63) is 60.7 Å². The van der Waals surface area contributed by atoms with E-state index in [9.17, 15) is 27.6 Å². The molecule has 0 radical (unpaired) electrons. The summed E-state index contributed by atoms with van der Waals surface area (Å²) >= 11 is 0. The Morgan fingerprint density at radius 2 is 1.75 bits per heavy atom. The van der Waals surface area contributed by atoms with E-state index in [1.54, 1.807) is 20.8 Å². The van der Waals surface area contributed by atoms with E-state index in [4.69, 9.17) is 18.9 Å². The minimum atomic E-state index is -3.90. The molecular weight excluding hydrogens is 739 g/mol. The molecule has 2 aliphatic carbocycles. The fourth-order valence-corrected chi connectivity index (χ4v) is 9.25. The lowest BCUT2D eigenvalue weighted by Gasteiger charge is -2.30. The number of rotatable bonds is 6. The van der Waals surface area contributed by atoms with Crippen molar-refractivity contribution in [1.82, 2.24) is 25.2 Å². The number of para-hydroxylation sites is 2. The summed E-state index contributed by atoms with van der Waals surface area (Å²) in [7, 11) is -3.90.